The molecule has 0 unspecified atom stereocenters. The first kappa shape index (κ1) is 18.4. The highest BCUT2D eigenvalue weighted by Gasteiger charge is 2.11. The summed E-state index contributed by atoms with van der Waals surface area (Å²) in [6, 6.07) is 17.6. The Morgan fingerprint density at radius 3 is 2.59 bits per heavy atom. The topological polar surface area (TPSA) is 70.2 Å². The van der Waals surface area contributed by atoms with Crippen LogP contribution in [0.5, 0.6) is 0 Å². The Hall–Kier alpha value is -3.41. The Balaban J connectivity index is 1.84. The molecule has 0 radical (unpaired) electrons. The van der Waals surface area contributed by atoms with Crippen LogP contribution in [0.4, 0.5) is 28.8 Å². The van der Waals surface area contributed by atoms with Gasteiger partial charge in [0.05, 0.1) is 0 Å². The smallest absolute Gasteiger partial charge is 0.231 e. The maximum Gasteiger partial charge on any atom is 0.231 e. The van der Waals surface area contributed by atoms with E-state index in [1.165, 1.54) is 12.5 Å². The second kappa shape index (κ2) is 8.31. The number of aromatic nitrogens is 2. The highest BCUT2D eigenvalue weighted by atomic mass is 16.1. The number of carbonyl (C=O) groups excluding carboxylic acids is 1. The molecule has 27 heavy (non-hydrogen) atoms. The van der Waals surface area contributed by atoms with Crippen molar-refractivity contribution in [1.29, 1.82) is 0 Å². The van der Waals surface area contributed by atoms with Crippen LogP contribution in [0.15, 0.2) is 60.8 Å². The van der Waals surface area contributed by atoms with Crippen molar-refractivity contribution in [1.82, 2.24) is 9.97 Å². The van der Waals surface area contributed by atoms with Gasteiger partial charge >= 0.3 is 0 Å². The highest BCUT2D eigenvalue weighted by molar-refractivity contribution is 5.89. The molecule has 6 heteroatoms. The molecule has 3 rings (SSSR count). The van der Waals surface area contributed by atoms with Gasteiger partial charge in [-0.3, -0.25) is 4.79 Å². The second-order valence-electron chi connectivity index (χ2n) is 6.21. The minimum atomic E-state index is -0.104. The lowest BCUT2D eigenvalue weighted by atomic mass is 10.2. The Morgan fingerprint density at radius 1 is 1.07 bits per heavy atom. The van der Waals surface area contributed by atoms with Crippen molar-refractivity contribution in [3.8, 4) is 0 Å². The number of hydrogen-bond acceptors (Lipinski definition) is 5. The van der Waals surface area contributed by atoms with Gasteiger partial charge in [-0.05, 0) is 55.8 Å². The maximum absolute atomic E-state index is 11.2. The van der Waals surface area contributed by atoms with Crippen LogP contribution in [0, 0.1) is 6.92 Å². The van der Waals surface area contributed by atoms with Gasteiger partial charge in [0.15, 0.2) is 0 Å². The molecule has 0 aliphatic carbocycles. The summed E-state index contributed by atoms with van der Waals surface area (Å²) in [6.07, 6.45) is 1.74. The van der Waals surface area contributed by atoms with Crippen molar-refractivity contribution >= 4 is 34.7 Å². The Bertz CT molecular complexity index is 941. The third-order valence-corrected chi connectivity index (χ3v) is 3.97. The van der Waals surface area contributed by atoms with Crippen molar-refractivity contribution in [2.24, 2.45) is 0 Å². The zero-order chi connectivity index (χ0) is 19.2. The normalized spacial score (nSPS) is 10.3. The number of anilines is 5. The van der Waals surface area contributed by atoms with E-state index >= 15 is 0 Å². The van der Waals surface area contributed by atoms with Crippen LogP contribution in [0.2, 0.25) is 0 Å². The molecule has 2 aromatic carbocycles. The number of hydrogen-bond donors (Lipinski definition) is 2. The van der Waals surface area contributed by atoms with Gasteiger partial charge in [0, 0.05) is 36.7 Å². The first-order chi connectivity index (χ1) is 13.0. The highest BCUT2D eigenvalue weighted by Crippen LogP contribution is 2.25. The third kappa shape index (κ3) is 4.82. The van der Waals surface area contributed by atoms with Crippen LogP contribution >= 0.6 is 0 Å². The second-order valence-corrected chi connectivity index (χ2v) is 6.21. The first-order valence-corrected chi connectivity index (χ1v) is 8.87. The van der Waals surface area contributed by atoms with E-state index in [0.29, 0.717) is 11.8 Å². The summed E-state index contributed by atoms with van der Waals surface area (Å²) in [6.45, 7) is 6.38. The van der Waals surface area contributed by atoms with Crippen molar-refractivity contribution in [3.63, 3.8) is 0 Å². The summed E-state index contributed by atoms with van der Waals surface area (Å²) in [5.41, 5.74) is 3.82. The van der Waals surface area contributed by atoms with Gasteiger partial charge in [0.25, 0.3) is 0 Å². The van der Waals surface area contributed by atoms with E-state index in [4.69, 9.17) is 0 Å². The van der Waals surface area contributed by atoms with Gasteiger partial charge in [-0.15, -0.1) is 0 Å². The zero-order valence-corrected chi connectivity index (χ0v) is 15.7. The van der Waals surface area contributed by atoms with E-state index in [0.717, 1.165) is 23.6 Å². The van der Waals surface area contributed by atoms with Crippen LogP contribution in [-0.2, 0) is 4.79 Å². The fourth-order valence-electron chi connectivity index (χ4n) is 2.81. The lowest BCUT2D eigenvalue weighted by Gasteiger charge is -2.21. The van der Waals surface area contributed by atoms with E-state index in [2.05, 4.69) is 57.5 Å². The molecule has 2 N–H and O–H groups in total. The van der Waals surface area contributed by atoms with Crippen molar-refractivity contribution in [2.75, 3.05) is 22.1 Å². The quantitative estimate of drug-likeness (QED) is 0.669. The summed E-state index contributed by atoms with van der Waals surface area (Å²) in [5.74, 6) is 1.21. The van der Waals surface area contributed by atoms with Crippen LogP contribution < -0.4 is 15.5 Å². The number of aryl methyl sites for hydroxylation is 1. The van der Waals surface area contributed by atoms with E-state index in [1.54, 1.807) is 6.20 Å². The average molecular weight is 361 g/mol. The summed E-state index contributed by atoms with van der Waals surface area (Å²) in [5, 5.41) is 6.05. The van der Waals surface area contributed by atoms with Gasteiger partial charge in [0.1, 0.15) is 5.82 Å². The molecule has 1 aromatic heterocycles. The summed E-state index contributed by atoms with van der Waals surface area (Å²) >= 11 is 0. The molecular weight excluding hydrogens is 338 g/mol. The molecule has 0 bridgehead atoms. The van der Waals surface area contributed by atoms with E-state index in [1.807, 2.05) is 36.4 Å². The molecule has 138 valence electrons. The van der Waals surface area contributed by atoms with Gasteiger partial charge in [-0.1, -0.05) is 18.2 Å². The number of carbonyl (C=O) groups is 1. The minimum absolute atomic E-state index is 0.104. The Morgan fingerprint density at radius 2 is 1.85 bits per heavy atom. The zero-order valence-electron chi connectivity index (χ0n) is 15.7. The number of amides is 1. The third-order valence-electron chi connectivity index (χ3n) is 3.97. The molecule has 0 atom stereocenters. The SMILES string of the molecule is CCN(c1cccc(C)c1)c1nccc(Nc2cccc(NC(C)=O)c2)n1. The van der Waals surface area contributed by atoms with Gasteiger partial charge < -0.3 is 15.5 Å². The monoisotopic (exact) mass is 361 g/mol. The molecule has 0 saturated carbocycles. The van der Waals surface area contributed by atoms with Crippen LogP contribution in [0.25, 0.3) is 0 Å². The summed E-state index contributed by atoms with van der Waals surface area (Å²) in [4.78, 5) is 22.4. The minimum Gasteiger partial charge on any atom is -0.340 e. The van der Waals surface area contributed by atoms with Gasteiger partial charge in [-0.25, -0.2) is 4.98 Å². The molecule has 6 nitrogen and oxygen atoms in total. The van der Waals surface area contributed by atoms with Crippen LogP contribution in [-0.4, -0.2) is 22.4 Å². The Labute approximate surface area is 159 Å². The number of nitrogens with zero attached hydrogens (tertiary/aromatic N) is 3. The summed E-state index contributed by atoms with van der Waals surface area (Å²) in [7, 11) is 0. The fraction of sp³-hybridized carbons (Fsp3) is 0.190. The first-order valence-electron chi connectivity index (χ1n) is 8.87. The Kier molecular flexibility index (Phi) is 5.66. The van der Waals surface area contributed by atoms with Crippen molar-refractivity contribution < 1.29 is 4.79 Å². The van der Waals surface area contributed by atoms with Gasteiger partial charge in [-0.2, -0.15) is 4.98 Å². The molecule has 3 aromatic rings. The molecule has 1 heterocycles. The standard InChI is InChI=1S/C21H23N5O/c1-4-26(19-10-5-7-15(2)13-19)21-22-12-11-20(25-21)24-18-9-6-8-17(14-18)23-16(3)27/h5-14H,4H2,1-3H3,(H,23,27)(H,22,24,25). The predicted octanol–water partition coefficient (Wildman–Crippen LogP) is 4.65. The van der Waals surface area contributed by atoms with Crippen LogP contribution in [0.1, 0.15) is 19.4 Å². The molecule has 1 amide bonds. The largest absolute Gasteiger partial charge is 0.340 e. The number of benzene rings is 2. The molecule has 0 aliphatic rings. The van der Waals surface area contributed by atoms with Crippen LogP contribution in [0.3, 0.4) is 0 Å². The lowest BCUT2D eigenvalue weighted by Crippen LogP contribution is -2.19. The molecular formula is C21H23N5O. The molecule has 0 fully saturated rings. The maximum atomic E-state index is 11.2. The number of rotatable bonds is 6. The molecule has 0 saturated heterocycles. The average Bonchev–Trinajstić information content (AvgIpc) is 2.62. The molecule has 0 aliphatic heterocycles. The van der Waals surface area contributed by atoms with E-state index in [9.17, 15) is 4.79 Å². The van der Waals surface area contributed by atoms with E-state index in [-0.39, 0.29) is 5.91 Å². The lowest BCUT2D eigenvalue weighted by molar-refractivity contribution is -0.114. The predicted molar refractivity (Wildman–Crippen MR) is 110 cm³/mol. The van der Waals surface area contributed by atoms with Gasteiger partial charge in [0.2, 0.25) is 11.9 Å². The molecule has 0 spiro atoms. The van der Waals surface area contributed by atoms with Crippen molar-refractivity contribution in [2.45, 2.75) is 20.8 Å². The number of nitrogens with one attached hydrogen (secondary N) is 2. The summed E-state index contributed by atoms with van der Waals surface area (Å²) < 4.78 is 0. The van der Waals surface area contributed by atoms with Crippen molar-refractivity contribution in [3.05, 3.63) is 66.4 Å². The fourth-order valence-corrected chi connectivity index (χ4v) is 2.81. The van der Waals surface area contributed by atoms with E-state index < -0.39 is 0 Å².